The van der Waals surface area contributed by atoms with Crippen molar-refractivity contribution in [2.24, 2.45) is 0 Å². The van der Waals surface area contributed by atoms with Gasteiger partial charge in [0.25, 0.3) is 22.2 Å². The second-order valence-corrected chi connectivity index (χ2v) is 9.22. The summed E-state index contributed by atoms with van der Waals surface area (Å²) < 4.78 is 3.46. The van der Waals surface area contributed by atoms with Crippen LogP contribution < -0.4 is 22.2 Å². The van der Waals surface area contributed by atoms with Crippen molar-refractivity contribution in [3.8, 4) is 0 Å². The first kappa shape index (κ1) is 26.0. The minimum atomic E-state index is -0.378. The molecule has 0 spiro atoms. The fraction of sp³-hybridized carbons (Fsp3) is 0.615. The van der Waals surface area contributed by atoms with E-state index in [-0.39, 0.29) is 43.8 Å². The summed E-state index contributed by atoms with van der Waals surface area (Å²) in [4.78, 5) is 54.2. The van der Waals surface area contributed by atoms with Crippen LogP contribution in [0.15, 0.2) is 31.3 Å². The molecule has 0 unspecified atom stereocenters. The minimum Gasteiger partial charge on any atom is -0.324 e. The molecule has 8 nitrogen and oxygen atoms in total. The van der Waals surface area contributed by atoms with Gasteiger partial charge in [0.15, 0.2) is 0 Å². The quantitative estimate of drug-likeness (QED) is 0.356. The number of quaternary nitrogens is 1. The highest BCUT2D eigenvalue weighted by atomic mass is 16.2. The standard InChI is InChI=1S/C26H39N4O4/c1-6-27(7-2)13-11-14-28-23(31)19-17-21-22(18-20(19)24(28)32)26(34)29(25(21)33)15-12-16-30(8-3,9-4)10-5/h17-18H,6-16H2,1-5H3/q+1. The molecule has 0 fully saturated rings. The maximum absolute atomic E-state index is 13.0. The predicted molar refractivity (Wildman–Crippen MR) is 139 cm³/mol. The fourth-order valence-electron chi connectivity index (χ4n) is 5.18. The zero-order chi connectivity index (χ0) is 25.0. The van der Waals surface area contributed by atoms with Crippen molar-refractivity contribution >= 4 is 21.5 Å². The van der Waals surface area contributed by atoms with E-state index in [0.717, 1.165) is 56.7 Å². The second-order valence-electron chi connectivity index (χ2n) is 9.22. The Labute approximate surface area is 200 Å². The Morgan fingerprint density at radius 2 is 1.03 bits per heavy atom. The van der Waals surface area contributed by atoms with Gasteiger partial charge in [-0.15, -0.1) is 0 Å². The molecular formula is C26H39N4O4+. The van der Waals surface area contributed by atoms with E-state index in [1.54, 1.807) is 0 Å². The monoisotopic (exact) mass is 471 g/mol. The van der Waals surface area contributed by atoms with Crippen molar-refractivity contribution in [2.75, 3.05) is 45.8 Å². The molecule has 0 aliphatic heterocycles. The highest BCUT2D eigenvalue weighted by molar-refractivity contribution is 5.97. The predicted octanol–water partition coefficient (Wildman–Crippen LogP) is 1.91. The summed E-state index contributed by atoms with van der Waals surface area (Å²) in [6, 6.07) is 2.92. The third kappa shape index (κ3) is 4.66. The van der Waals surface area contributed by atoms with Gasteiger partial charge in [-0.2, -0.15) is 0 Å². The molecule has 0 aliphatic rings. The molecule has 0 saturated heterocycles. The van der Waals surface area contributed by atoms with Crippen LogP contribution in [0.1, 0.15) is 47.5 Å². The van der Waals surface area contributed by atoms with Crippen LogP contribution >= 0.6 is 0 Å². The van der Waals surface area contributed by atoms with Gasteiger partial charge in [-0.05, 0) is 59.0 Å². The average molecular weight is 472 g/mol. The summed E-state index contributed by atoms with van der Waals surface area (Å²) in [6.07, 6.45) is 1.41. The molecular weight excluding hydrogens is 432 g/mol. The highest BCUT2D eigenvalue weighted by Crippen LogP contribution is 2.15. The lowest BCUT2D eigenvalue weighted by Crippen LogP contribution is -2.48. The average Bonchev–Trinajstić information content (AvgIpc) is 3.23. The van der Waals surface area contributed by atoms with Crippen LogP contribution in [0.4, 0.5) is 0 Å². The summed E-state index contributed by atoms with van der Waals surface area (Å²) in [5.41, 5.74) is -1.50. The molecule has 2 heterocycles. The molecule has 0 bridgehead atoms. The van der Waals surface area contributed by atoms with E-state index < -0.39 is 0 Å². The molecule has 0 saturated carbocycles. The van der Waals surface area contributed by atoms with Gasteiger partial charge in [0, 0.05) is 19.5 Å². The Bertz CT molecular complexity index is 1250. The summed E-state index contributed by atoms with van der Waals surface area (Å²) in [5, 5.41) is 0.927. The maximum atomic E-state index is 13.0. The molecule has 0 radical (unpaired) electrons. The van der Waals surface area contributed by atoms with Crippen molar-refractivity contribution < 1.29 is 4.48 Å². The molecule has 1 aromatic carbocycles. The number of rotatable bonds is 13. The third-order valence-corrected chi connectivity index (χ3v) is 7.84. The first-order chi connectivity index (χ1) is 16.3. The Morgan fingerprint density at radius 1 is 0.647 bits per heavy atom. The maximum Gasteiger partial charge on any atom is 0.261 e. The van der Waals surface area contributed by atoms with Crippen LogP contribution in [0, 0.1) is 0 Å². The van der Waals surface area contributed by atoms with Crippen LogP contribution in [0.5, 0.6) is 0 Å². The van der Waals surface area contributed by atoms with Gasteiger partial charge in [0.2, 0.25) is 0 Å². The van der Waals surface area contributed by atoms with E-state index >= 15 is 0 Å². The van der Waals surface area contributed by atoms with Crippen molar-refractivity contribution in [1.82, 2.24) is 14.0 Å². The summed E-state index contributed by atoms with van der Waals surface area (Å²) >= 11 is 0. The summed E-state index contributed by atoms with van der Waals surface area (Å²) in [6.45, 7) is 17.9. The van der Waals surface area contributed by atoms with E-state index in [4.69, 9.17) is 0 Å². The molecule has 0 atom stereocenters. The number of benzene rings is 1. The first-order valence-electron chi connectivity index (χ1n) is 12.7. The fourth-order valence-corrected chi connectivity index (χ4v) is 5.18. The number of nitrogens with zero attached hydrogens (tertiary/aromatic N) is 4. The normalized spacial score (nSPS) is 12.5. The van der Waals surface area contributed by atoms with E-state index in [9.17, 15) is 19.2 Å². The van der Waals surface area contributed by atoms with E-state index in [1.165, 1.54) is 21.3 Å². The SMILES string of the molecule is CCN(CC)CCCn1c(=O)c2cc3c(=O)n(CCC[N+](CC)(CC)CC)c(=O)c3cc2c1=O. The number of fused-ring (bicyclic) bond motifs is 2. The molecule has 186 valence electrons. The zero-order valence-corrected chi connectivity index (χ0v) is 21.4. The largest absolute Gasteiger partial charge is 0.324 e. The zero-order valence-electron chi connectivity index (χ0n) is 21.4. The van der Waals surface area contributed by atoms with Gasteiger partial charge in [0.1, 0.15) is 0 Å². The molecule has 0 N–H and O–H groups in total. The lowest BCUT2D eigenvalue weighted by molar-refractivity contribution is -0.923. The Morgan fingerprint density at radius 3 is 1.38 bits per heavy atom. The number of hydrogen-bond donors (Lipinski definition) is 0. The molecule has 3 aromatic rings. The van der Waals surface area contributed by atoms with Crippen LogP contribution in [-0.2, 0) is 13.1 Å². The van der Waals surface area contributed by atoms with Gasteiger partial charge in [0.05, 0.1) is 47.7 Å². The lowest BCUT2D eigenvalue weighted by Gasteiger charge is -2.35. The minimum absolute atomic E-state index is 0.230. The summed E-state index contributed by atoms with van der Waals surface area (Å²) in [5.74, 6) is 0. The highest BCUT2D eigenvalue weighted by Gasteiger charge is 2.22. The molecule has 34 heavy (non-hydrogen) atoms. The first-order valence-corrected chi connectivity index (χ1v) is 12.7. The number of hydrogen-bond acceptors (Lipinski definition) is 5. The Hall–Kier alpha value is -2.58. The van der Waals surface area contributed by atoms with Crippen molar-refractivity contribution in [1.29, 1.82) is 0 Å². The van der Waals surface area contributed by atoms with Gasteiger partial charge in [-0.3, -0.25) is 28.3 Å². The van der Waals surface area contributed by atoms with Gasteiger partial charge >= 0.3 is 0 Å². The third-order valence-electron chi connectivity index (χ3n) is 7.84. The molecule has 8 heteroatoms. The smallest absolute Gasteiger partial charge is 0.261 e. The van der Waals surface area contributed by atoms with E-state index in [2.05, 4.69) is 39.5 Å². The molecule has 3 rings (SSSR count). The van der Waals surface area contributed by atoms with Crippen molar-refractivity contribution in [3.05, 3.63) is 53.5 Å². The Balaban J connectivity index is 1.92. The van der Waals surface area contributed by atoms with Gasteiger partial charge in [-0.25, -0.2) is 0 Å². The van der Waals surface area contributed by atoms with Crippen LogP contribution in [-0.4, -0.2) is 64.3 Å². The van der Waals surface area contributed by atoms with Gasteiger partial charge in [-0.1, -0.05) is 13.8 Å². The van der Waals surface area contributed by atoms with Crippen molar-refractivity contribution in [3.63, 3.8) is 0 Å². The number of aromatic nitrogens is 2. The topological polar surface area (TPSA) is 81.4 Å². The van der Waals surface area contributed by atoms with E-state index in [0.29, 0.717) is 19.5 Å². The van der Waals surface area contributed by atoms with Crippen LogP contribution in [0.25, 0.3) is 21.5 Å². The second kappa shape index (κ2) is 10.8. The Kier molecular flexibility index (Phi) is 8.25. The van der Waals surface area contributed by atoms with Crippen LogP contribution in [0.2, 0.25) is 0 Å². The van der Waals surface area contributed by atoms with E-state index in [1.807, 2.05) is 0 Å². The molecule has 2 aromatic heterocycles. The van der Waals surface area contributed by atoms with Gasteiger partial charge < -0.3 is 9.38 Å². The molecule has 0 amide bonds. The molecule has 0 aliphatic carbocycles. The van der Waals surface area contributed by atoms with Crippen molar-refractivity contribution in [2.45, 2.75) is 60.5 Å². The lowest BCUT2D eigenvalue weighted by atomic mass is 10.1. The summed E-state index contributed by atoms with van der Waals surface area (Å²) in [7, 11) is 0. The van der Waals surface area contributed by atoms with Crippen LogP contribution in [0.3, 0.4) is 0 Å².